The van der Waals surface area contributed by atoms with Gasteiger partial charge in [-0.3, -0.25) is 9.59 Å². The molecule has 8 heteroatoms. The number of anilines is 1. The molecule has 2 heterocycles. The molecule has 3 rings (SSSR count). The zero-order valence-electron chi connectivity index (χ0n) is 15.3. The second-order valence-corrected chi connectivity index (χ2v) is 6.47. The van der Waals surface area contributed by atoms with E-state index in [0.29, 0.717) is 43.2 Å². The van der Waals surface area contributed by atoms with E-state index < -0.39 is 0 Å². The van der Waals surface area contributed by atoms with Gasteiger partial charge < -0.3 is 24.4 Å². The lowest BCUT2D eigenvalue weighted by Gasteiger charge is -2.34. The molecule has 8 nitrogen and oxygen atoms in total. The monoisotopic (exact) mass is 370 g/mol. The molecule has 142 valence electrons. The first-order chi connectivity index (χ1) is 13.0. The maximum absolute atomic E-state index is 12.5. The van der Waals surface area contributed by atoms with E-state index >= 15 is 0 Å². The summed E-state index contributed by atoms with van der Waals surface area (Å²) >= 11 is 0. The topological polar surface area (TPSA) is 86.1 Å². The van der Waals surface area contributed by atoms with E-state index in [9.17, 15) is 14.4 Å². The highest BCUT2D eigenvalue weighted by atomic mass is 16.3. The summed E-state index contributed by atoms with van der Waals surface area (Å²) in [5, 5.41) is 2.81. The Morgan fingerprint density at radius 3 is 2.33 bits per heavy atom. The third-order valence-electron chi connectivity index (χ3n) is 4.35. The van der Waals surface area contributed by atoms with Gasteiger partial charge in [-0.1, -0.05) is 6.07 Å². The molecule has 1 N–H and O–H groups in total. The third kappa shape index (κ3) is 4.28. The quantitative estimate of drug-likeness (QED) is 0.895. The fraction of sp³-hybridized carbons (Fsp3) is 0.316. The molecule has 0 unspecified atom stereocenters. The van der Waals surface area contributed by atoms with E-state index in [2.05, 4.69) is 5.32 Å². The Bertz CT molecular complexity index is 824. The number of hydrogen-bond donors (Lipinski definition) is 1. The largest absolute Gasteiger partial charge is 0.459 e. The Kier molecular flexibility index (Phi) is 5.44. The van der Waals surface area contributed by atoms with Gasteiger partial charge in [0.05, 0.1) is 6.26 Å². The molecule has 0 aliphatic carbocycles. The van der Waals surface area contributed by atoms with Gasteiger partial charge in [0.25, 0.3) is 11.8 Å². The van der Waals surface area contributed by atoms with Crippen LogP contribution in [0.5, 0.6) is 0 Å². The maximum atomic E-state index is 12.5. The number of hydrogen-bond acceptors (Lipinski definition) is 4. The van der Waals surface area contributed by atoms with Gasteiger partial charge in [0, 0.05) is 51.5 Å². The molecule has 27 heavy (non-hydrogen) atoms. The highest BCUT2D eigenvalue weighted by Gasteiger charge is 2.26. The molecule has 4 amide bonds. The zero-order valence-corrected chi connectivity index (χ0v) is 15.3. The van der Waals surface area contributed by atoms with Crippen LogP contribution < -0.4 is 5.32 Å². The van der Waals surface area contributed by atoms with E-state index in [-0.39, 0.29) is 17.8 Å². The van der Waals surface area contributed by atoms with Crippen molar-refractivity contribution in [3.8, 4) is 0 Å². The lowest BCUT2D eigenvalue weighted by Crippen LogP contribution is -2.51. The fourth-order valence-electron chi connectivity index (χ4n) is 2.86. The lowest BCUT2D eigenvalue weighted by atomic mass is 10.2. The van der Waals surface area contributed by atoms with Crippen LogP contribution in [0.15, 0.2) is 47.1 Å². The van der Waals surface area contributed by atoms with Crippen molar-refractivity contribution in [2.24, 2.45) is 0 Å². The Balaban J connectivity index is 1.56. The molecule has 1 aliphatic rings. The molecule has 1 aromatic heterocycles. The molecule has 1 aliphatic heterocycles. The lowest BCUT2D eigenvalue weighted by molar-refractivity contribution is 0.0640. The molecule has 0 bridgehead atoms. The Morgan fingerprint density at radius 1 is 1.00 bits per heavy atom. The zero-order chi connectivity index (χ0) is 19.4. The Hall–Kier alpha value is -3.29. The van der Waals surface area contributed by atoms with Crippen LogP contribution in [0.25, 0.3) is 0 Å². The molecule has 1 aromatic carbocycles. The molecular weight excluding hydrogens is 348 g/mol. The minimum Gasteiger partial charge on any atom is -0.459 e. The van der Waals surface area contributed by atoms with Crippen LogP contribution in [0, 0.1) is 0 Å². The Labute approximate surface area is 157 Å². The van der Waals surface area contributed by atoms with Gasteiger partial charge in [-0.05, 0) is 30.3 Å². The van der Waals surface area contributed by atoms with Gasteiger partial charge in [0.2, 0.25) is 0 Å². The van der Waals surface area contributed by atoms with Crippen molar-refractivity contribution in [2.75, 3.05) is 45.6 Å². The summed E-state index contributed by atoms with van der Waals surface area (Å²) in [7, 11) is 3.36. The highest BCUT2D eigenvalue weighted by Crippen LogP contribution is 2.14. The van der Waals surface area contributed by atoms with Crippen molar-refractivity contribution in [1.82, 2.24) is 14.7 Å². The van der Waals surface area contributed by atoms with Gasteiger partial charge in [-0.2, -0.15) is 0 Å². The van der Waals surface area contributed by atoms with Gasteiger partial charge >= 0.3 is 6.03 Å². The van der Waals surface area contributed by atoms with Gasteiger partial charge in [0.1, 0.15) is 0 Å². The van der Waals surface area contributed by atoms with Crippen molar-refractivity contribution in [2.45, 2.75) is 0 Å². The molecule has 0 radical (unpaired) electrons. The normalized spacial score (nSPS) is 14.0. The van der Waals surface area contributed by atoms with Crippen LogP contribution in [-0.4, -0.2) is 72.8 Å². The van der Waals surface area contributed by atoms with E-state index in [1.165, 1.54) is 11.2 Å². The highest BCUT2D eigenvalue weighted by molar-refractivity contribution is 5.96. The fourth-order valence-corrected chi connectivity index (χ4v) is 2.86. The van der Waals surface area contributed by atoms with Gasteiger partial charge in [-0.15, -0.1) is 0 Å². The first-order valence-corrected chi connectivity index (χ1v) is 8.66. The number of urea groups is 1. The summed E-state index contributed by atoms with van der Waals surface area (Å²) in [6.07, 6.45) is 1.46. The summed E-state index contributed by atoms with van der Waals surface area (Å²) in [6.45, 7) is 1.72. The van der Waals surface area contributed by atoms with E-state index in [4.69, 9.17) is 4.42 Å². The molecular formula is C19H22N4O4. The predicted molar refractivity (Wildman–Crippen MR) is 99.7 cm³/mol. The number of rotatable bonds is 3. The number of nitrogens with zero attached hydrogens (tertiary/aromatic N) is 3. The number of benzene rings is 1. The van der Waals surface area contributed by atoms with E-state index in [1.807, 2.05) is 0 Å². The molecule has 0 saturated carbocycles. The van der Waals surface area contributed by atoms with Crippen molar-refractivity contribution < 1.29 is 18.8 Å². The maximum Gasteiger partial charge on any atom is 0.321 e. The molecule has 0 spiro atoms. The summed E-state index contributed by atoms with van der Waals surface area (Å²) in [6, 6.07) is 9.87. The third-order valence-corrected chi connectivity index (χ3v) is 4.35. The van der Waals surface area contributed by atoms with Crippen molar-refractivity contribution in [3.63, 3.8) is 0 Å². The van der Waals surface area contributed by atoms with Crippen LogP contribution in [0.1, 0.15) is 20.9 Å². The van der Waals surface area contributed by atoms with Crippen molar-refractivity contribution in [3.05, 3.63) is 54.0 Å². The Morgan fingerprint density at radius 2 is 1.70 bits per heavy atom. The van der Waals surface area contributed by atoms with E-state index in [0.717, 1.165) is 0 Å². The number of carbonyl (C=O) groups is 3. The van der Waals surface area contributed by atoms with Gasteiger partial charge in [0.15, 0.2) is 5.76 Å². The standard InChI is InChI=1S/C19H22N4O4/c1-21(2)17(24)14-5-3-6-15(13-14)20-19(26)23-10-8-22(9-11-23)18(25)16-7-4-12-27-16/h3-7,12-13H,8-11H2,1-2H3,(H,20,26). The predicted octanol–water partition coefficient (Wildman–Crippen LogP) is 1.97. The smallest absolute Gasteiger partial charge is 0.321 e. The summed E-state index contributed by atoms with van der Waals surface area (Å²) in [5.74, 6) is 0.00128. The van der Waals surface area contributed by atoms with Crippen LogP contribution in [0.4, 0.5) is 10.5 Å². The molecule has 1 saturated heterocycles. The first kappa shape index (κ1) is 18.5. The summed E-state index contributed by atoms with van der Waals surface area (Å²) < 4.78 is 5.13. The number of furan rings is 1. The van der Waals surface area contributed by atoms with E-state index in [1.54, 1.807) is 60.3 Å². The van der Waals surface area contributed by atoms with Crippen LogP contribution in [0.2, 0.25) is 0 Å². The number of carbonyl (C=O) groups excluding carboxylic acids is 3. The minimum absolute atomic E-state index is 0.129. The summed E-state index contributed by atoms with van der Waals surface area (Å²) in [5.41, 5.74) is 1.06. The second-order valence-electron chi connectivity index (χ2n) is 6.47. The first-order valence-electron chi connectivity index (χ1n) is 8.66. The molecule has 1 fully saturated rings. The van der Waals surface area contributed by atoms with Crippen molar-refractivity contribution in [1.29, 1.82) is 0 Å². The number of amides is 4. The molecule has 2 aromatic rings. The average Bonchev–Trinajstić information content (AvgIpc) is 3.22. The molecule has 0 atom stereocenters. The minimum atomic E-state index is -0.255. The van der Waals surface area contributed by atoms with Crippen LogP contribution in [0.3, 0.4) is 0 Å². The van der Waals surface area contributed by atoms with Gasteiger partial charge in [-0.25, -0.2) is 4.79 Å². The van der Waals surface area contributed by atoms with Crippen molar-refractivity contribution >= 4 is 23.5 Å². The number of piperazine rings is 1. The second kappa shape index (κ2) is 7.94. The SMILES string of the molecule is CN(C)C(=O)c1cccc(NC(=O)N2CCN(C(=O)c3ccco3)CC2)c1. The van der Waals surface area contributed by atoms with Crippen LogP contribution >= 0.6 is 0 Å². The number of nitrogens with one attached hydrogen (secondary N) is 1. The average molecular weight is 370 g/mol. The summed E-state index contributed by atoms with van der Waals surface area (Å²) in [4.78, 5) is 41.6. The van der Waals surface area contributed by atoms with Crippen LogP contribution in [-0.2, 0) is 0 Å².